The van der Waals surface area contributed by atoms with E-state index in [0.717, 1.165) is 0 Å². The summed E-state index contributed by atoms with van der Waals surface area (Å²) in [7, 11) is 0. The molecule has 0 radical (unpaired) electrons. The van der Waals surface area contributed by atoms with Crippen LogP contribution in [0.3, 0.4) is 0 Å². The molecule has 0 unspecified atom stereocenters. The molecule has 0 saturated heterocycles. The lowest BCUT2D eigenvalue weighted by atomic mass is 9.78. The van der Waals surface area contributed by atoms with Gasteiger partial charge in [-0.25, -0.2) is 8.78 Å². The first-order valence-corrected chi connectivity index (χ1v) is 4.31. The fourth-order valence-electron chi connectivity index (χ4n) is 1.85. The van der Waals surface area contributed by atoms with Crippen molar-refractivity contribution < 1.29 is 13.9 Å². The molecule has 1 N–H and O–H groups in total. The van der Waals surface area contributed by atoms with Crippen LogP contribution >= 0.6 is 0 Å². The number of aliphatic hydroxyl groups excluding tert-OH is 1. The first-order chi connectivity index (χ1) is 5.25. The monoisotopic (exact) mass is 178 g/mol. The highest BCUT2D eigenvalue weighted by atomic mass is 19.3. The molecule has 1 nitrogen and oxygen atoms in total. The summed E-state index contributed by atoms with van der Waals surface area (Å²) in [5, 5.41) is 9.30. The van der Waals surface area contributed by atoms with E-state index in [9.17, 15) is 13.9 Å². The van der Waals surface area contributed by atoms with E-state index < -0.39 is 12.0 Å². The standard InChI is InChI=1S/C9H16F2O/c1-8(2,3)6-4-5-9(10,11)7(6)12/h6-7,12H,4-5H2,1-3H3/t6-,7-/m0/s1. The van der Waals surface area contributed by atoms with Gasteiger partial charge in [0, 0.05) is 6.42 Å². The van der Waals surface area contributed by atoms with Crippen molar-refractivity contribution in [3.05, 3.63) is 0 Å². The molecule has 1 saturated carbocycles. The average molecular weight is 178 g/mol. The van der Waals surface area contributed by atoms with Gasteiger partial charge in [-0.2, -0.15) is 0 Å². The summed E-state index contributed by atoms with van der Waals surface area (Å²) in [6.07, 6.45) is -1.19. The van der Waals surface area contributed by atoms with Gasteiger partial charge in [-0.15, -0.1) is 0 Å². The maximum Gasteiger partial charge on any atom is 0.273 e. The molecule has 0 aromatic carbocycles. The normalized spacial score (nSPS) is 35.5. The lowest BCUT2D eigenvalue weighted by Gasteiger charge is -2.30. The van der Waals surface area contributed by atoms with Crippen LogP contribution < -0.4 is 0 Å². The van der Waals surface area contributed by atoms with Crippen LogP contribution in [0, 0.1) is 11.3 Å². The van der Waals surface area contributed by atoms with Crippen molar-refractivity contribution in [3.63, 3.8) is 0 Å². The van der Waals surface area contributed by atoms with E-state index in [1.54, 1.807) is 0 Å². The number of alkyl halides is 2. The molecule has 1 aliphatic carbocycles. The smallest absolute Gasteiger partial charge is 0.273 e. The minimum atomic E-state index is -2.86. The molecule has 3 heteroatoms. The molecule has 1 fully saturated rings. The summed E-state index contributed by atoms with van der Waals surface area (Å²) < 4.78 is 25.7. The van der Waals surface area contributed by atoms with Crippen LogP contribution in [0.15, 0.2) is 0 Å². The average Bonchev–Trinajstić information content (AvgIpc) is 2.06. The van der Waals surface area contributed by atoms with E-state index in [-0.39, 0.29) is 17.8 Å². The zero-order valence-electron chi connectivity index (χ0n) is 7.77. The van der Waals surface area contributed by atoms with Crippen molar-refractivity contribution in [2.75, 3.05) is 0 Å². The highest BCUT2D eigenvalue weighted by Crippen LogP contribution is 2.46. The van der Waals surface area contributed by atoms with Crippen LogP contribution in [0.5, 0.6) is 0 Å². The Morgan fingerprint density at radius 1 is 1.33 bits per heavy atom. The van der Waals surface area contributed by atoms with Crippen molar-refractivity contribution in [1.82, 2.24) is 0 Å². The fraction of sp³-hybridized carbons (Fsp3) is 1.00. The van der Waals surface area contributed by atoms with E-state index >= 15 is 0 Å². The molecule has 1 aliphatic rings. The predicted molar refractivity (Wildman–Crippen MR) is 43.1 cm³/mol. The first kappa shape index (κ1) is 9.90. The molecule has 12 heavy (non-hydrogen) atoms. The van der Waals surface area contributed by atoms with Crippen LogP contribution in [0.4, 0.5) is 8.78 Å². The van der Waals surface area contributed by atoms with Crippen LogP contribution in [0.25, 0.3) is 0 Å². The Morgan fingerprint density at radius 3 is 2.00 bits per heavy atom. The third kappa shape index (κ3) is 1.60. The number of halogens is 2. The Morgan fingerprint density at radius 2 is 1.83 bits per heavy atom. The number of aliphatic hydroxyl groups is 1. The van der Waals surface area contributed by atoms with Crippen LogP contribution in [-0.2, 0) is 0 Å². The van der Waals surface area contributed by atoms with E-state index in [2.05, 4.69) is 0 Å². The van der Waals surface area contributed by atoms with Gasteiger partial charge in [0.25, 0.3) is 5.92 Å². The molecule has 1 rings (SSSR count). The Bertz CT molecular complexity index is 172. The van der Waals surface area contributed by atoms with Crippen LogP contribution in [0.1, 0.15) is 33.6 Å². The summed E-state index contributed by atoms with van der Waals surface area (Å²) >= 11 is 0. The molecule has 0 aliphatic heterocycles. The van der Waals surface area contributed by atoms with Gasteiger partial charge in [0.2, 0.25) is 0 Å². The minimum absolute atomic E-state index is 0.171. The molecule has 0 aromatic rings. The van der Waals surface area contributed by atoms with Crippen LogP contribution in [0.2, 0.25) is 0 Å². The van der Waals surface area contributed by atoms with E-state index in [0.29, 0.717) is 6.42 Å². The minimum Gasteiger partial charge on any atom is -0.387 e. The van der Waals surface area contributed by atoms with Crippen molar-refractivity contribution >= 4 is 0 Å². The predicted octanol–water partition coefficient (Wildman–Crippen LogP) is 2.44. The van der Waals surface area contributed by atoms with Crippen molar-refractivity contribution in [1.29, 1.82) is 0 Å². The molecule has 0 bridgehead atoms. The maximum absolute atomic E-state index is 12.9. The second kappa shape index (κ2) is 2.66. The van der Waals surface area contributed by atoms with Gasteiger partial charge < -0.3 is 5.11 Å². The van der Waals surface area contributed by atoms with E-state index in [4.69, 9.17) is 0 Å². The van der Waals surface area contributed by atoms with Crippen LogP contribution in [-0.4, -0.2) is 17.1 Å². The molecular formula is C9H16F2O. The van der Waals surface area contributed by atoms with Gasteiger partial charge in [0.15, 0.2) is 0 Å². The quantitative estimate of drug-likeness (QED) is 0.604. The molecular weight excluding hydrogens is 162 g/mol. The largest absolute Gasteiger partial charge is 0.387 e. The SMILES string of the molecule is CC(C)(C)[C@H]1CCC(F)(F)[C@H]1O. The third-order valence-corrected chi connectivity index (χ3v) is 2.71. The Kier molecular flexibility index (Phi) is 2.19. The maximum atomic E-state index is 12.9. The summed E-state index contributed by atoms with van der Waals surface area (Å²) in [4.78, 5) is 0. The van der Waals surface area contributed by atoms with E-state index in [1.807, 2.05) is 20.8 Å². The zero-order valence-corrected chi connectivity index (χ0v) is 7.77. The summed E-state index contributed by atoms with van der Waals surface area (Å²) in [6.45, 7) is 5.67. The van der Waals surface area contributed by atoms with E-state index in [1.165, 1.54) is 0 Å². The first-order valence-electron chi connectivity index (χ1n) is 4.31. The summed E-state index contributed by atoms with van der Waals surface area (Å²) in [6, 6.07) is 0. The van der Waals surface area contributed by atoms with Crippen molar-refractivity contribution in [3.8, 4) is 0 Å². The summed E-state index contributed by atoms with van der Waals surface area (Å²) in [5.74, 6) is -3.13. The van der Waals surface area contributed by atoms with Gasteiger partial charge in [-0.1, -0.05) is 20.8 Å². The Hall–Kier alpha value is -0.180. The van der Waals surface area contributed by atoms with Gasteiger partial charge in [-0.05, 0) is 17.8 Å². The highest BCUT2D eigenvalue weighted by molar-refractivity contribution is 4.95. The highest BCUT2D eigenvalue weighted by Gasteiger charge is 2.52. The molecule has 72 valence electrons. The number of hydrogen-bond acceptors (Lipinski definition) is 1. The zero-order chi connectivity index (χ0) is 9.57. The van der Waals surface area contributed by atoms with Gasteiger partial charge >= 0.3 is 0 Å². The number of rotatable bonds is 0. The molecule has 0 spiro atoms. The van der Waals surface area contributed by atoms with Crippen molar-refractivity contribution in [2.45, 2.75) is 45.6 Å². The van der Waals surface area contributed by atoms with Gasteiger partial charge in [0.1, 0.15) is 6.10 Å². The lowest BCUT2D eigenvalue weighted by molar-refractivity contribution is -0.110. The third-order valence-electron chi connectivity index (χ3n) is 2.71. The van der Waals surface area contributed by atoms with Gasteiger partial charge in [0.05, 0.1) is 0 Å². The second-order valence-electron chi connectivity index (χ2n) is 4.72. The molecule has 0 amide bonds. The molecule has 2 atom stereocenters. The summed E-state index contributed by atoms with van der Waals surface area (Å²) in [5.41, 5.74) is -0.223. The Labute approximate surface area is 71.8 Å². The lowest BCUT2D eigenvalue weighted by Crippen LogP contribution is -2.36. The molecule has 0 aromatic heterocycles. The molecule has 0 heterocycles. The fourth-order valence-corrected chi connectivity index (χ4v) is 1.85. The van der Waals surface area contributed by atoms with Crippen molar-refractivity contribution in [2.24, 2.45) is 11.3 Å². The topological polar surface area (TPSA) is 20.2 Å². The Balaban J connectivity index is 2.74. The second-order valence-corrected chi connectivity index (χ2v) is 4.72. The number of hydrogen-bond donors (Lipinski definition) is 1. The van der Waals surface area contributed by atoms with Gasteiger partial charge in [-0.3, -0.25) is 0 Å².